The number of ether oxygens (including phenoxy) is 1. The van der Waals surface area contributed by atoms with Crippen molar-refractivity contribution in [3.8, 4) is 33.9 Å². The Morgan fingerprint density at radius 2 is 1.57 bits per heavy atom. The van der Waals surface area contributed by atoms with Crippen LogP contribution in [0, 0.1) is 19.1 Å². The fraction of sp³-hybridized carbons (Fsp3) is 0.0968. The monoisotopic (exact) mass is 633 g/mol. The van der Waals surface area contributed by atoms with Crippen LogP contribution < -0.4 is 4.74 Å². The first-order valence-corrected chi connectivity index (χ1v) is 11.3. The molecule has 0 saturated carbocycles. The predicted molar refractivity (Wildman–Crippen MR) is 134 cm³/mol. The molecule has 0 amide bonds. The Labute approximate surface area is 220 Å². The molecular formula is C31H22N2OPt. The van der Waals surface area contributed by atoms with Crippen LogP contribution in [0.1, 0.15) is 29.3 Å². The Kier molecular flexibility index (Phi) is 6.13. The van der Waals surface area contributed by atoms with Crippen molar-refractivity contribution in [1.29, 1.82) is 0 Å². The van der Waals surface area contributed by atoms with E-state index < -0.39 is 5.41 Å². The Morgan fingerprint density at radius 3 is 2.37 bits per heavy atom. The van der Waals surface area contributed by atoms with Gasteiger partial charge in [-0.2, -0.15) is 24.3 Å². The molecule has 35 heavy (non-hydrogen) atoms. The number of nitrogens with zero attached hydrogens (tertiary/aromatic N) is 2. The molecule has 4 heteroatoms. The van der Waals surface area contributed by atoms with Crippen molar-refractivity contribution < 1.29 is 25.8 Å². The molecule has 0 spiro atoms. The van der Waals surface area contributed by atoms with Crippen LogP contribution in [0.25, 0.3) is 22.3 Å². The summed E-state index contributed by atoms with van der Waals surface area (Å²) in [6.45, 7) is 4.32. The maximum Gasteiger partial charge on any atom is 2.00 e. The Hall–Kier alpha value is -3.55. The zero-order chi connectivity index (χ0) is 23.1. The standard InChI is InChI=1S/C31H22N2O.Pt/c1-21-13-16-29(33-20-21)31(2)27-11-4-3-10-25(27)26-15-14-23(19-28(26)31)22-8-7-9-24(18-22)34-30-12-5-6-17-32-30;/h3-17,20H,1-2H3;/q-2;+2. The Balaban J connectivity index is 0.00000253. The van der Waals surface area contributed by atoms with Crippen molar-refractivity contribution in [2.45, 2.75) is 19.3 Å². The number of benzene rings is 3. The van der Waals surface area contributed by atoms with Gasteiger partial charge in [0, 0.05) is 29.6 Å². The number of aryl methyl sites for hydroxylation is 1. The summed E-state index contributed by atoms with van der Waals surface area (Å²) >= 11 is 0. The topological polar surface area (TPSA) is 35.0 Å². The Morgan fingerprint density at radius 1 is 0.743 bits per heavy atom. The van der Waals surface area contributed by atoms with E-state index in [0.717, 1.165) is 27.9 Å². The number of hydrogen-bond donors (Lipinski definition) is 0. The summed E-state index contributed by atoms with van der Waals surface area (Å²) in [7, 11) is 0. The van der Waals surface area contributed by atoms with E-state index in [1.165, 1.54) is 16.7 Å². The summed E-state index contributed by atoms with van der Waals surface area (Å²) < 4.78 is 5.91. The van der Waals surface area contributed by atoms with Crippen molar-refractivity contribution in [3.63, 3.8) is 0 Å². The average molecular weight is 634 g/mol. The van der Waals surface area contributed by atoms with E-state index in [9.17, 15) is 0 Å². The van der Waals surface area contributed by atoms with Crippen LogP contribution in [0.4, 0.5) is 0 Å². The molecule has 2 aromatic heterocycles. The largest absolute Gasteiger partial charge is 2.00 e. The molecule has 6 rings (SSSR count). The van der Waals surface area contributed by atoms with E-state index in [0.29, 0.717) is 11.6 Å². The summed E-state index contributed by atoms with van der Waals surface area (Å²) in [5.74, 6) is 1.17. The van der Waals surface area contributed by atoms with Crippen LogP contribution in [0.5, 0.6) is 11.6 Å². The molecule has 0 saturated heterocycles. The summed E-state index contributed by atoms with van der Waals surface area (Å²) in [4.78, 5) is 9.09. The van der Waals surface area contributed by atoms with Gasteiger partial charge < -0.3 is 4.74 Å². The molecule has 172 valence electrons. The van der Waals surface area contributed by atoms with Gasteiger partial charge in [0.1, 0.15) is 0 Å². The summed E-state index contributed by atoms with van der Waals surface area (Å²) in [5, 5.41) is 0. The summed E-state index contributed by atoms with van der Waals surface area (Å²) in [5.41, 5.74) is 8.50. The molecule has 5 aromatic rings. The van der Waals surface area contributed by atoms with Crippen molar-refractivity contribution in [2.75, 3.05) is 0 Å². The minimum atomic E-state index is -0.391. The number of aromatic nitrogens is 2. The van der Waals surface area contributed by atoms with Gasteiger partial charge in [0.25, 0.3) is 0 Å². The minimum Gasteiger partial charge on any atom is -0.460 e. The third-order valence-electron chi connectivity index (χ3n) is 6.54. The zero-order valence-corrected chi connectivity index (χ0v) is 21.6. The molecule has 0 radical (unpaired) electrons. The minimum absolute atomic E-state index is 0. The van der Waals surface area contributed by atoms with Crippen LogP contribution in [-0.2, 0) is 26.5 Å². The molecule has 0 bridgehead atoms. The summed E-state index contributed by atoms with van der Waals surface area (Å²) in [6.07, 6.45) is 3.66. The van der Waals surface area contributed by atoms with E-state index >= 15 is 0 Å². The third-order valence-corrected chi connectivity index (χ3v) is 6.54. The molecule has 2 heterocycles. The fourth-order valence-electron chi connectivity index (χ4n) is 4.77. The average Bonchev–Trinajstić information content (AvgIpc) is 3.14. The first-order valence-electron chi connectivity index (χ1n) is 11.3. The zero-order valence-electron chi connectivity index (χ0n) is 19.4. The van der Waals surface area contributed by atoms with Gasteiger partial charge in [0.15, 0.2) is 0 Å². The fourth-order valence-corrected chi connectivity index (χ4v) is 4.77. The molecule has 0 N–H and O–H groups in total. The second kappa shape index (κ2) is 9.24. The quantitative estimate of drug-likeness (QED) is 0.197. The maximum atomic E-state index is 5.91. The van der Waals surface area contributed by atoms with Crippen LogP contribution in [-0.4, -0.2) is 9.97 Å². The van der Waals surface area contributed by atoms with E-state index in [4.69, 9.17) is 9.72 Å². The molecule has 1 aliphatic carbocycles. The second-order valence-electron chi connectivity index (χ2n) is 8.75. The van der Waals surface area contributed by atoms with Gasteiger partial charge in [-0.3, -0.25) is 4.98 Å². The molecular weight excluding hydrogens is 611 g/mol. The third kappa shape index (κ3) is 4.00. The van der Waals surface area contributed by atoms with Gasteiger partial charge in [0.2, 0.25) is 5.88 Å². The van der Waals surface area contributed by atoms with E-state index in [-0.39, 0.29) is 21.1 Å². The van der Waals surface area contributed by atoms with Gasteiger partial charge in [-0.1, -0.05) is 47.5 Å². The molecule has 1 aliphatic rings. The second-order valence-corrected chi connectivity index (χ2v) is 8.75. The van der Waals surface area contributed by atoms with Crippen molar-refractivity contribution in [3.05, 3.63) is 132 Å². The molecule has 0 aliphatic heterocycles. The van der Waals surface area contributed by atoms with Gasteiger partial charge in [-0.25, -0.2) is 16.1 Å². The molecule has 3 nitrogen and oxygen atoms in total. The van der Waals surface area contributed by atoms with Crippen LogP contribution in [0.3, 0.4) is 0 Å². The predicted octanol–water partition coefficient (Wildman–Crippen LogP) is 7.18. The van der Waals surface area contributed by atoms with E-state index in [1.54, 1.807) is 6.20 Å². The normalized spacial score (nSPS) is 15.6. The van der Waals surface area contributed by atoms with Gasteiger partial charge in [-0.05, 0) is 37.1 Å². The first-order chi connectivity index (χ1) is 16.6. The van der Waals surface area contributed by atoms with Crippen LogP contribution in [0.15, 0.2) is 97.3 Å². The van der Waals surface area contributed by atoms with Crippen LogP contribution >= 0.6 is 0 Å². The smallest absolute Gasteiger partial charge is 0.460 e. The van der Waals surface area contributed by atoms with E-state index in [2.05, 4.69) is 79.5 Å². The number of hydrogen-bond acceptors (Lipinski definition) is 3. The molecule has 3 aromatic carbocycles. The van der Waals surface area contributed by atoms with Gasteiger partial charge in [-0.15, -0.1) is 23.8 Å². The van der Waals surface area contributed by atoms with Gasteiger partial charge in [0.05, 0.1) is 5.69 Å². The number of rotatable bonds is 4. The SMILES string of the molecule is Cc1ccc(C2(C)c3[c-]c(-c4[c-]c(Oc5ccccn5)ccc4)ccc3-c3ccccc32)nc1.[Pt+2]. The van der Waals surface area contributed by atoms with Crippen molar-refractivity contribution in [1.82, 2.24) is 9.97 Å². The van der Waals surface area contributed by atoms with Crippen molar-refractivity contribution in [2.24, 2.45) is 0 Å². The van der Waals surface area contributed by atoms with Crippen LogP contribution in [0.2, 0.25) is 0 Å². The molecule has 0 fully saturated rings. The van der Waals surface area contributed by atoms with E-state index in [1.807, 2.05) is 42.6 Å². The number of pyridine rings is 2. The summed E-state index contributed by atoms with van der Waals surface area (Å²) in [6, 6.07) is 35.8. The molecule has 1 atom stereocenters. The first kappa shape index (κ1) is 23.2. The maximum absolute atomic E-state index is 5.91. The van der Waals surface area contributed by atoms with Gasteiger partial charge >= 0.3 is 21.1 Å². The Bertz CT molecular complexity index is 1500. The molecule has 1 unspecified atom stereocenters. The van der Waals surface area contributed by atoms with Crippen molar-refractivity contribution >= 4 is 0 Å². The number of fused-ring (bicyclic) bond motifs is 3.